The van der Waals surface area contributed by atoms with Gasteiger partial charge in [-0.25, -0.2) is 0 Å². The zero-order valence-electron chi connectivity index (χ0n) is 28.2. The fourth-order valence-corrected chi connectivity index (χ4v) is 6.75. The van der Waals surface area contributed by atoms with Crippen molar-refractivity contribution >= 4 is 33.3 Å². The summed E-state index contributed by atoms with van der Waals surface area (Å²) in [6, 6.07) is 44.5. The van der Waals surface area contributed by atoms with E-state index in [-0.39, 0.29) is 20.1 Å². The third kappa shape index (κ3) is 7.58. The summed E-state index contributed by atoms with van der Waals surface area (Å²) < 4.78 is 0. The van der Waals surface area contributed by atoms with Crippen LogP contribution in [-0.2, 0) is 20.1 Å². The first-order chi connectivity index (χ1) is 23.9. The summed E-state index contributed by atoms with van der Waals surface area (Å²) in [5.41, 5.74) is 11.1. The second kappa shape index (κ2) is 15.7. The topological polar surface area (TPSA) is 51.6 Å². The normalized spacial score (nSPS) is 11.0. The molecule has 0 unspecified atom stereocenters. The van der Waals surface area contributed by atoms with Gasteiger partial charge in [0.15, 0.2) is 0 Å². The Bertz CT molecular complexity index is 2360. The molecule has 0 saturated carbocycles. The summed E-state index contributed by atoms with van der Waals surface area (Å²) in [7, 11) is 0. The Kier molecular flexibility index (Phi) is 10.9. The summed E-state index contributed by atoms with van der Waals surface area (Å²) in [5.74, 6) is 0. The number of benzene rings is 4. The number of pyridine rings is 4. The van der Waals surface area contributed by atoms with E-state index in [2.05, 4.69) is 114 Å². The molecule has 0 fully saturated rings. The zero-order chi connectivity index (χ0) is 33.7. The van der Waals surface area contributed by atoms with Crippen molar-refractivity contribution in [3.8, 4) is 33.8 Å². The van der Waals surface area contributed by atoms with Crippen molar-refractivity contribution in [1.82, 2.24) is 19.9 Å². The average molecular weight is 842 g/mol. The fraction of sp³-hybridized carbons (Fsp3) is 0.0909. The minimum atomic E-state index is 0. The molecule has 5 heterocycles. The molecule has 0 amide bonds. The summed E-state index contributed by atoms with van der Waals surface area (Å²) in [5, 5.41) is 6.02. The molecule has 0 saturated heterocycles. The van der Waals surface area contributed by atoms with Crippen molar-refractivity contribution in [2.75, 3.05) is 0 Å². The van der Waals surface area contributed by atoms with Gasteiger partial charge in [-0.3, -0.25) is 0 Å². The van der Waals surface area contributed by atoms with E-state index in [0.717, 1.165) is 38.8 Å². The van der Waals surface area contributed by atoms with Crippen LogP contribution in [0.15, 0.2) is 138 Å². The van der Waals surface area contributed by atoms with Crippen molar-refractivity contribution in [3.63, 3.8) is 0 Å². The van der Waals surface area contributed by atoms with Gasteiger partial charge in [0, 0.05) is 28.5 Å². The SMILES string of the molecule is Cc1c[c-]c(-c2cc(C)c(C)cn2)cc1.Cc1ccc2c(c1)cc1c3c(nccc32)-c2[c-]ccnc2S1.[Ir+3].[c-]1ccccc1-c1ccccn1. The summed E-state index contributed by atoms with van der Waals surface area (Å²) >= 11 is 1.71. The number of aromatic nitrogens is 4. The van der Waals surface area contributed by atoms with Gasteiger partial charge in [0.2, 0.25) is 0 Å². The zero-order valence-corrected chi connectivity index (χ0v) is 31.4. The smallest absolute Gasteiger partial charge is 0.345 e. The quantitative estimate of drug-likeness (QED) is 0.128. The Hall–Kier alpha value is -5.00. The third-order valence-corrected chi connectivity index (χ3v) is 9.44. The molecule has 244 valence electrons. The molecule has 4 nitrogen and oxygen atoms in total. The first-order valence-corrected chi connectivity index (χ1v) is 16.9. The van der Waals surface area contributed by atoms with E-state index in [1.54, 1.807) is 24.2 Å². The Morgan fingerprint density at radius 1 is 0.580 bits per heavy atom. The van der Waals surface area contributed by atoms with Crippen LogP contribution in [0.3, 0.4) is 0 Å². The van der Waals surface area contributed by atoms with E-state index < -0.39 is 0 Å². The molecule has 0 atom stereocenters. The van der Waals surface area contributed by atoms with Crippen LogP contribution in [0.2, 0.25) is 0 Å². The van der Waals surface area contributed by atoms with Gasteiger partial charge in [0.25, 0.3) is 0 Å². The molecule has 1 aliphatic rings. The molecule has 0 aliphatic carbocycles. The van der Waals surface area contributed by atoms with Gasteiger partial charge in [-0.1, -0.05) is 66.2 Å². The van der Waals surface area contributed by atoms with Crippen LogP contribution < -0.4 is 0 Å². The molecule has 0 N–H and O–H groups in total. The Balaban J connectivity index is 0.000000136. The number of rotatable bonds is 2. The second-order valence-electron chi connectivity index (χ2n) is 12.0. The standard InChI is InChI=1S/C19H11N2S.C14H14N.C11H8N.Ir/c1-11-4-5-13-12(9-11)10-16-17-14(13)6-8-20-18(17)15-3-2-7-21-19(15)22-16;1-10-4-6-13(7-5-10)14-8-11(2)12(3)9-15-14;1-2-6-10(7-3-1)11-8-4-5-9-12-11;/h2,4-10H,1H3;4-6,8-9H,1-3H3;1-6,8-9H;/q3*-1;+3. The Labute approximate surface area is 311 Å². The summed E-state index contributed by atoms with van der Waals surface area (Å²) in [4.78, 5) is 19.0. The van der Waals surface area contributed by atoms with E-state index in [0.29, 0.717) is 0 Å². The van der Waals surface area contributed by atoms with Crippen molar-refractivity contribution in [1.29, 1.82) is 0 Å². The van der Waals surface area contributed by atoms with Gasteiger partial charge < -0.3 is 19.9 Å². The van der Waals surface area contributed by atoms with Crippen molar-refractivity contribution in [3.05, 3.63) is 168 Å². The maximum atomic E-state index is 4.62. The number of aryl methyl sites for hydroxylation is 4. The predicted molar refractivity (Wildman–Crippen MR) is 201 cm³/mol. The van der Waals surface area contributed by atoms with Gasteiger partial charge in [-0.05, 0) is 83.2 Å². The molecular formula is C44H33IrN4S. The van der Waals surface area contributed by atoms with Crippen LogP contribution >= 0.6 is 11.8 Å². The average Bonchev–Trinajstić information content (AvgIpc) is 3.14. The van der Waals surface area contributed by atoms with Gasteiger partial charge in [-0.2, -0.15) is 0 Å². The van der Waals surface area contributed by atoms with Crippen LogP contribution in [0, 0.1) is 45.9 Å². The van der Waals surface area contributed by atoms with Crippen LogP contribution in [0.4, 0.5) is 0 Å². The fourth-order valence-electron chi connectivity index (χ4n) is 5.68. The molecule has 0 spiro atoms. The van der Waals surface area contributed by atoms with E-state index >= 15 is 0 Å². The van der Waals surface area contributed by atoms with Gasteiger partial charge in [0.1, 0.15) is 0 Å². The van der Waals surface area contributed by atoms with E-state index in [1.165, 1.54) is 48.7 Å². The second-order valence-corrected chi connectivity index (χ2v) is 13.0. The van der Waals surface area contributed by atoms with Crippen LogP contribution in [-0.4, -0.2) is 19.9 Å². The Morgan fingerprint density at radius 3 is 2.18 bits per heavy atom. The summed E-state index contributed by atoms with van der Waals surface area (Å²) in [6.45, 7) is 8.37. The monoisotopic (exact) mass is 842 g/mol. The first-order valence-electron chi connectivity index (χ1n) is 16.1. The molecule has 4 aromatic carbocycles. The molecule has 50 heavy (non-hydrogen) atoms. The number of fused-ring (bicyclic) bond motifs is 4. The van der Waals surface area contributed by atoms with E-state index in [1.807, 2.05) is 67.0 Å². The molecule has 9 rings (SSSR count). The molecular weight excluding hydrogens is 809 g/mol. The van der Waals surface area contributed by atoms with Gasteiger partial charge in [-0.15, -0.1) is 95.2 Å². The van der Waals surface area contributed by atoms with Crippen molar-refractivity contribution in [2.45, 2.75) is 37.6 Å². The molecule has 0 radical (unpaired) electrons. The minimum Gasteiger partial charge on any atom is -0.345 e. The molecule has 8 aromatic rings. The van der Waals surface area contributed by atoms with Crippen molar-refractivity contribution < 1.29 is 20.1 Å². The Morgan fingerprint density at radius 2 is 1.42 bits per heavy atom. The van der Waals surface area contributed by atoms with Crippen LogP contribution in [0.25, 0.3) is 55.3 Å². The minimum absolute atomic E-state index is 0. The third-order valence-electron chi connectivity index (χ3n) is 8.40. The van der Waals surface area contributed by atoms with Crippen molar-refractivity contribution in [2.24, 2.45) is 0 Å². The molecule has 6 heteroatoms. The molecule has 1 aliphatic heterocycles. The van der Waals surface area contributed by atoms with Crippen LogP contribution in [0.5, 0.6) is 0 Å². The van der Waals surface area contributed by atoms with Gasteiger partial charge in [0.05, 0.1) is 0 Å². The molecule has 4 aromatic heterocycles. The summed E-state index contributed by atoms with van der Waals surface area (Å²) in [6.07, 6.45) is 7.39. The molecule has 0 bridgehead atoms. The first kappa shape index (κ1) is 34.8. The number of hydrogen-bond donors (Lipinski definition) is 0. The largest absolute Gasteiger partial charge is 3.00 e. The number of hydrogen-bond acceptors (Lipinski definition) is 5. The maximum absolute atomic E-state index is 4.62. The van der Waals surface area contributed by atoms with E-state index in [4.69, 9.17) is 0 Å². The number of nitrogens with zero attached hydrogens (tertiary/aromatic N) is 4. The van der Waals surface area contributed by atoms with Crippen LogP contribution in [0.1, 0.15) is 22.3 Å². The maximum Gasteiger partial charge on any atom is 3.00 e. The van der Waals surface area contributed by atoms with Gasteiger partial charge >= 0.3 is 20.1 Å². The van der Waals surface area contributed by atoms with E-state index in [9.17, 15) is 0 Å². The predicted octanol–water partition coefficient (Wildman–Crippen LogP) is 11.0.